The first-order chi connectivity index (χ1) is 10.1. The van der Waals surface area contributed by atoms with E-state index < -0.39 is 5.97 Å². The topological polar surface area (TPSA) is 51.0 Å². The number of aryl methyl sites for hydroxylation is 2. The fourth-order valence-electron chi connectivity index (χ4n) is 1.72. The third kappa shape index (κ3) is 3.86. The molecule has 0 aromatic heterocycles. The van der Waals surface area contributed by atoms with Crippen LogP contribution in [0.15, 0.2) is 65.3 Å². The van der Waals surface area contributed by atoms with E-state index >= 15 is 0 Å². The zero-order valence-electron chi connectivity index (χ0n) is 12.0. The average molecular weight is 280 g/mol. The first-order valence-electron chi connectivity index (χ1n) is 6.52. The molecule has 0 aliphatic rings. The van der Waals surface area contributed by atoms with Crippen LogP contribution < -0.4 is 4.74 Å². The molecule has 21 heavy (non-hydrogen) atoms. The van der Waals surface area contributed by atoms with Crippen LogP contribution in [0.25, 0.3) is 0 Å². The van der Waals surface area contributed by atoms with Gasteiger partial charge in [0, 0.05) is 6.08 Å². The highest BCUT2D eigenvalue weighted by Gasteiger charge is 2.07. The fraction of sp³-hybridized carbons (Fsp3) is 0.118. The van der Waals surface area contributed by atoms with E-state index in [0.29, 0.717) is 11.4 Å². The number of nitrogens with zero attached hydrogens (tertiary/aromatic N) is 2. The molecule has 0 aliphatic carbocycles. The minimum atomic E-state index is -0.520. The summed E-state index contributed by atoms with van der Waals surface area (Å²) in [5.74, 6) is -0.148. The van der Waals surface area contributed by atoms with Gasteiger partial charge in [-0.25, -0.2) is 4.79 Å². The van der Waals surface area contributed by atoms with Crippen molar-refractivity contribution in [2.45, 2.75) is 13.8 Å². The molecule has 0 atom stereocenters. The third-order valence-corrected chi connectivity index (χ3v) is 2.87. The van der Waals surface area contributed by atoms with Gasteiger partial charge in [0.05, 0.1) is 5.69 Å². The highest BCUT2D eigenvalue weighted by atomic mass is 16.5. The Labute approximate surface area is 123 Å². The number of esters is 1. The molecule has 0 heterocycles. The van der Waals surface area contributed by atoms with E-state index in [1.54, 1.807) is 12.1 Å². The van der Waals surface area contributed by atoms with Gasteiger partial charge in [0.2, 0.25) is 0 Å². The molecule has 0 bridgehead atoms. The van der Waals surface area contributed by atoms with Crippen molar-refractivity contribution in [3.05, 3.63) is 66.2 Å². The highest BCUT2D eigenvalue weighted by molar-refractivity contribution is 5.84. The van der Waals surface area contributed by atoms with Crippen molar-refractivity contribution in [3.8, 4) is 5.75 Å². The molecule has 4 nitrogen and oxygen atoms in total. The van der Waals surface area contributed by atoms with Crippen molar-refractivity contribution in [2.24, 2.45) is 10.2 Å². The van der Waals surface area contributed by atoms with Gasteiger partial charge >= 0.3 is 5.97 Å². The Bertz CT molecular complexity index is 706. The van der Waals surface area contributed by atoms with Gasteiger partial charge in [0.25, 0.3) is 0 Å². The Morgan fingerprint density at radius 3 is 2.52 bits per heavy atom. The number of benzene rings is 2. The summed E-state index contributed by atoms with van der Waals surface area (Å²) in [5.41, 5.74) is 3.27. The SMILES string of the molecule is C=CC(=O)Oc1cc(C)ccc1N=Nc1ccccc1C. The van der Waals surface area contributed by atoms with E-state index in [0.717, 1.165) is 22.9 Å². The molecule has 0 saturated heterocycles. The van der Waals surface area contributed by atoms with Crippen molar-refractivity contribution in [1.29, 1.82) is 0 Å². The normalized spacial score (nSPS) is 10.6. The van der Waals surface area contributed by atoms with Crippen LogP contribution in [-0.4, -0.2) is 5.97 Å². The van der Waals surface area contributed by atoms with Crippen molar-refractivity contribution in [2.75, 3.05) is 0 Å². The second-order valence-corrected chi connectivity index (χ2v) is 4.58. The lowest BCUT2D eigenvalue weighted by molar-refractivity contribution is -0.128. The van der Waals surface area contributed by atoms with E-state index in [2.05, 4.69) is 16.8 Å². The first kappa shape index (κ1) is 14.7. The maximum Gasteiger partial charge on any atom is 0.335 e. The monoisotopic (exact) mass is 280 g/mol. The van der Waals surface area contributed by atoms with Gasteiger partial charge in [0.15, 0.2) is 5.75 Å². The molecule has 2 aromatic rings. The minimum Gasteiger partial charge on any atom is -0.421 e. The van der Waals surface area contributed by atoms with Gasteiger partial charge in [-0.3, -0.25) is 0 Å². The summed E-state index contributed by atoms with van der Waals surface area (Å²) in [5, 5.41) is 8.39. The van der Waals surface area contributed by atoms with Gasteiger partial charge in [-0.05, 0) is 43.2 Å². The lowest BCUT2D eigenvalue weighted by Crippen LogP contribution is -2.03. The summed E-state index contributed by atoms with van der Waals surface area (Å²) in [6.07, 6.45) is 1.12. The van der Waals surface area contributed by atoms with Crippen LogP contribution in [0.2, 0.25) is 0 Å². The maximum absolute atomic E-state index is 11.4. The predicted molar refractivity (Wildman–Crippen MR) is 82.4 cm³/mol. The Morgan fingerprint density at radius 1 is 1.10 bits per heavy atom. The van der Waals surface area contributed by atoms with Crippen molar-refractivity contribution >= 4 is 17.3 Å². The molecule has 0 aliphatic heterocycles. The average Bonchev–Trinajstić information content (AvgIpc) is 2.48. The molecule has 0 saturated carbocycles. The van der Waals surface area contributed by atoms with E-state index in [-0.39, 0.29) is 0 Å². The summed E-state index contributed by atoms with van der Waals surface area (Å²) in [6, 6.07) is 13.1. The van der Waals surface area contributed by atoms with E-state index in [9.17, 15) is 4.79 Å². The molecule has 2 rings (SSSR count). The molecule has 2 aromatic carbocycles. The van der Waals surface area contributed by atoms with Gasteiger partial charge in [-0.2, -0.15) is 5.11 Å². The fourth-order valence-corrected chi connectivity index (χ4v) is 1.72. The predicted octanol–water partition coefficient (Wildman–Crippen LogP) is 4.81. The Balaban J connectivity index is 2.33. The Kier molecular flexibility index (Phi) is 4.61. The summed E-state index contributed by atoms with van der Waals surface area (Å²) in [4.78, 5) is 11.4. The molecule has 0 unspecified atom stereocenters. The number of hydrogen-bond acceptors (Lipinski definition) is 4. The van der Waals surface area contributed by atoms with Crippen LogP contribution >= 0.6 is 0 Å². The summed E-state index contributed by atoms with van der Waals surface area (Å²) >= 11 is 0. The summed E-state index contributed by atoms with van der Waals surface area (Å²) in [6.45, 7) is 7.26. The lowest BCUT2D eigenvalue weighted by atomic mass is 10.2. The van der Waals surface area contributed by atoms with Crippen LogP contribution in [0.3, 0.4) is 0 Å². The number of hydrogen-bond donors (Lipinski definition) is 0. The van der Waals surface area contributed by atoms with Crippen LogP contribution in [-0.2, 0) is 4.79 Å². The van der Waals surface area contributed by atoms with Crippen LogP contribution in [0.1, 0.15) is 11.1 Å². The molecule has 0 spiro atoms. The van der Waals surface area contributed by atoms with E-state index in [1.165, 1.54) is 0 Å². The van der Waals surface area contributed by atoms with Gasteiger partial charge in [-0.15, -0.1) is 5.11 Å². The molecule has 0 radical (unpaired) electrons. The van der Waals surface area contributed by atoms with Gasteiger partial charge < -0.3 is 4.74 Å². The molecule has 106 valence electrons. The number of carbonyl (C=O) groups is 1. The molecular formula is C17H16N2O2. The molecular weight excluding hydrogens is 264 g/mol. The minimum absolute atomic E-state index is 0.372. The molecule has 0 amide bonds. The van der Waals surface area contributed by atoms with E-state index in [4.69, 9.17) is 4.74 Å². The van der Waals surface area contributed by atoms with Gasteiger partial charge in [-0.1, -0.05) is 30.8 Å². The van der Waals surface area contributed by atoms with Gasteiger partial charge in [0.1, 0.15) is 5.69 Å². The number of carbonyl (C=O) groups excluding carboxylic acids is 1. The van der Waals surface area contributed by atoms with Crippen molar-refractivity contribution in [3.63, 3.8) is 0 Å². The zero-order chi connectivity index (χ0) is 15.2. The maximum atomic E-state index is 11.4. The van der Waals surface area contributed by atoms with Crippen molar-refractivity contribution < 1.29 is 9.53 Å². The van der Waals surface area contributed by atoms with E-state index in [1.807, 2.05) is 44.2 Å². The van der Waals surface area contributed by atoms with Crippen LogP contribution in [0, 0.1) is 13.8 Å². The summed E-state index contributed by atoms with van der Waals surface area (Å²) < 4.78 is 5.18. The first-order valence-corrected chi connectivity index (χ1v) is 6.52. The highest BCUT2D eigenvalue weighted by Crippen LogP contribution is 2.31. The quantitative estimate of drug-likeness (QED) is 0.349. The number of ether oxygens (including phenoxy) is 1. The van der Waals surface area contributed by atoms with Crippen LogP contribution in [0.4, 0.5) is 11.4 Å². The standard InChI is InChI=1S/C17H16N2O2/c1-4-17(20)21-16-11-12(2)9-10-15(16)19-18-14-8-6-5-7-13(14)3/h4-11H,1H2,2-3H3. The molecule has 0 fully saturated rings. The number of azo groups is 1. The van der Waals surface area contributed by atoms with Crippen molar-refractivity contribution in [1.82, 2.24) is 0 Å². The third-order valence-electron chi connectivity index (χ3n) is 2.87. The second-order valence-electron chi connectivity index (χ2n) is 4.58. The summed E-state index contributed by atoms with van der Waals surface area (Å²) in [7, 11) is 0. The molecule has 4 heteroatoms. The zero-order valence-corrected chi connectivity index (χ0v) is 12.0. The smallest absolute Gasteiger partial charge is 0.335 e. The molecule has 0 N–H and O–H groups in total. The Morgan fingerprint density at radius 2 is 1.81 bits per heavy atom. The second kappa shape index (κ2) is 6.61. The largest absolute Gasteiger partial charge is 0.421 e. The van der Waals surface area contributed by atoms with Crippen LogP contribution in [0.5, 0.6) is 5.75 Å². The number of rotatable bonds is 4. The lowest BCUT2D eigenvalue weighted by Gasteiger charge is -2.05. The Hall–Kier alpha value is -2.75.